The van der Waals surface area contributed by atoms with Gasteiger partial charge in [0.15, 0.2) is 0 Å². The van der Waals surface area contributed by atoms with Crippen LogP contribution in [0.15, 0.2) is 0 Å². The summed E-state index contributed by atoms with van der Waals surface area (Å²) in [7, 11) is 0. The quantitative estimate of drug-likeness (QED) is 0.625. The molecule has 1 fully saturated rings. The molecule has 7 heteroatoms. The zero-order chi connectivity index (χ0) is 15.0. The molecule has 0 bridgehead atoms. The SMILES string of the molecule is CCN(CC)CCNC(=O)NC1(C(=O)O)CCOCC1. The lowest BCUT2D eigenvalue weighted by Gasteiger charge is -2.33. The van der Waals surface area contributed by atoms with Crippen LogP contribution in [0.25, 0.3) is 0 Å². The highest BCUT2D eigenvalue weighted by molar-refractivity contribution is 5.86. The largest absolute Gasteiger partial charge is 0.480 e. The Kier molecular flexibility index (Phi) is 6.74. The highest BCUT2D eigenvalue weighted by Gasteiger charge is 2.41. The van der Waals surface area contributed by atoms with E-state index in [0.717, 1.165) is 19.6 Å². The molecule has 116 valence electrons. The molecule has 0 aromatic heterocycles. The Morgan fingerprint density at radius 2 is 1.85 bits per heavy atom. The van der Waals surface area contributed by atoms with E-state index >= 15 is 0 Å². The van der Waals surface area contributed by atoms with Crippen LogP contribution in [0, 0.1) is 0 Å². The summed E-state index contributed by atoms with van der Waals surface area (Å²) < 4.78 is 5.16. The number of likely N-dealkylation sites (N-methyl/N-ethyl adjacent to an activating group) is 1. The average molecular weight is 287 g/mol. The molecule has 1 saturated heterocycles. The Morgan fingerprint density at radius 1 is 1.25 bits per heavy atom. The first-order valence-corrected chi connectivity index (χ1v) is 7.13. The van der Waals surface area contributed by atoms with E-state index in [9.17, 15) is 14.7 Å². The third-order valence-electron chi connectivity index (χ3n) is 3.72. The molecule has 1 aliphatic rings. The van der Waals surface area contributed by atoms with E-state index in [-0.39, 0.29) is 0 Å². The molecule has 20 heavy (non-hydrogen) atoms. The Labute approximate surface area is 119 Å². The zero-order valence-electron chi connectivity index (χ0n) is 12.3. The third kappa shape index (κ3) is 4.64. The Morgan fingerprint density at radius 3 is 2.35 bits per heavy atom. The summed E-state index contributed by atoms with van der Waals surface area (Å²) in [6.07, 6.45) is 0.595. The molecule has 1 rings (SSSR count). The van der Waals surface area contributed by atoms with Crippen molar-refractivity contribution in [2.75, 3.05) is 39.4 Å². The number of aliphatic carboxylic acids is 1. The maximum absolute atomic E-state index is 11.8. The van der Waals surface area contributed by atoms with Gasteiger partial charge in [-0.25, -0.2) is 9.59 Å². The number of amides is 2. The van der Waals surface area contributed by atoms with Gasteiger partial charge in [-0.1, -0.05) is 13.8 Å². The summed E-state index contributed by atoms with van der Waals surface area (Å²) in [6, 6.07) is -0.429. The number of hydrogen-bond acceptors (Lipinski definition) is 4. The lowest BCUT2D eigenvalue weighted by molar-refractivity contribution is -0.148. The fraction of sp³-hybridized carbons (Fsp3) is 0.846. The van der Waals surface area contributed by atoms with Gasteiger partial charge in [-0.3, -0.25) is 0 Å². The summed E-state index contributed by atoms with van der Waals surface area (Å²) in [5, 5.41) is 14.6. The molecule has 1 aliphatic heterocycles. The van der Waals surface area contributed by atoms with E-state index < -0.39 is 17.5 Å². The lowest BCUT2D eigenvalue weighted by Crippen LogP contribution is -2.60. The second-order valence-electron chi connectivity index (χ2n) is 4.91. The molecule has 3 N–H and O–H groups in total. The van der Waals surface area contributed by atoms with E-state index in [4.69, 9.17) is 4.74 Å². The lowest BCUT2D eigenvalue weighted by atomic mass is 9.90. The first-order chi connectivity index (χ1) is 9.54. The van der Waals surface area contributed by atoms with Gasteiger partial charge in [0.1, 0.15) is 5.54 Å². The monoisotopic (exact) mass is 287 g/mol. The minimum atomic E-state index is -1.20. The summed E-state index contributed by atoms with van der Waals surface area (Å²) >= 11 is 0. The van der Waals surface area contributed by atoms with Gasteiger partial charge in [-0.15, -0.1) is 0 Å². The molecular formula is C13H25N3O4. The van der Waals surface area contributed by atoms with Crippen molar-refractivity contribution in [1.29, 1.82) is 0 Å². The molecule has 0 aliphatic carbocycles. The number of carboxylic acid groups (broad SMARTS) is 1. The average Bonchev–Trinajstić information content (AvgIpc) is 2.44. The maximum atomic E-state index is 11.8. The summed E-state index contributed by atoms with van der Waals surface area (Å²) in [6.45, 7) is 7.93. The van der Waals surface area contributed by atoms with Gasteiger partial charge in [0.25, 0.3) is 0 Å². The number of carbonyl (C=O) groups excluding carboxylic acids is 1. The molecule has 1 heterocycles. The fourth-order valence-electron chi connectivity index (χ4n) is 2.24. The number of ether oxygens (including phenoxy) is 1. The van der Waals surface area contributed by atoms with Crippen LogP contribution in [0.4, 0.5) is 4.79 Å². The van der Waals surface area contributed by atoms with Crippen molar-refractivity contribution in [3.05, 3.63) is 0 Å². The summed E-state index contributed by atoms with van der Waals surface area (Å²) in [5.74, 6) is -1.00. The van der Waals surface area contributed by atoms with E-state index in [1.54, 1.807) is 0 Å². The second kappa shape index (κ2) is 8.06. The molecule has 0 saturated carbocycles. The van der Waals surface area contributed by atoms with Crippen LogP contribution in [0.5, 0.6) is 0 Å². The number of nitrogens with zero attached hydrogens (tertiary/aromatic N) is 1. The van der Waals surface area contributed by atoms with E-state index in [1.807, 2.05) is 0 Å². The topological polar surface area (TPSA) is 90.9 Å². The standard InChI is InChI=1S/C13H25N3O4/c1-3-16(4-2)8-7-14-12(19)15-13(11(17)18)5-9-20-10-6-13/h3-10H2,1-2H3,(H,17,18)(H2,14,15,19). The van der Waals surface area contributed by atoms with Crippen molar-refractivity contribution in [2.45, 2.75) is 32.2 Å². The summed E-state index contributed by atoms with van der Waals surface area (Å²) in [4.78, 5) is 25.4. The second-order valence-corrected chi connectivity index (χ2v) is 4.91. The van der Waals surface area contributed by atoms with Gasteiger partial charge >= 0.3 is 12.0 Å². The number of carboxylic acids is 1. The van der Waals surface area contributed by atoms with Crippen molar-refractivity contribution >= 4 is 12.0 Å². The van der Waals surface area contributed by atoms with Gasteiger partial charge < -0.3 is 25.4 Å². The van der Waals surface area contributed by atoms with Crippen LogP contribution < -0.4 is 10.6 Å². The van der Waals surface area contributed by atoms with Gasteiger partial charge in [0.2, 0.25) is 0 Å². The number of rotatable bonds is 7. The van der Waals surface area contributed by atoms with Crippen LogP contribution in [0.3, 0.4) is 0 Å². The molecule has 0 aromatic carbocycles. The number of hydrogen-bond donors (Lipinski definition) is 3. The van der Waals surface area contributed by atoms with Crippen molar-refractivity contribution in [3.63, 3.8) is 0 Å². The van der Waals surface area contributed by atoms with Gasteiger partial charge in [-0.2, -0.15) is 0 Å². The zero-order valence-corrected chi connectivity index (χ0v) is 12.3. The third-order valence-corrected chi connectivity index (χ3v) is 3.72. The molecule has 0 unspecified atom stereocenters. The maximum Gasteiger partial charge on any atom is 0.329 e. The number of nitrogens with one attached hydrogen (secondary N) is 2. The van der Waals surface area contributed by atoms with Crippen molar-refractivity contribution in [3.8, 4) is 0 Å². The number of urea groups is 1. The summed E-state index contributed by atoms with van der Waals surface area (Å²) in [5.41, 5.74) is -1.20. The van der Waals surface area contributed by atoms with E-state index in [2.05, 4.69) is 29.4 Å². The van der Waals surface area contributed by atoms with Crippen LogP contribution >= 0.6 is 0 Å². The number of carbonyl (C=O) groups is 2. The molecule has 0 atom stereocenters. The highest BCUT2D eigenvalue weighted by Crippen LogP contribution is 2.20. The van der Waals surface area contributed by atoms with Crippen LogP contribution in [-0.4, -0.2) is 66.9 Å². The molecule has 7 nitrogen and oxygen atoms in total. The minimum absolute atomic E-state index is 0.297. The van der Waals surface area contributed by atoms with E-state index in [0.29, 0.717) is 32.6 Å². The first-order valence-electron chi connectivity index (χ1n) is 7.13. The molecular weight excluding hydrogens is 262 g/mol. The van der Waals surface area contributed by atoms with Crippen molar-refractivity contribution in [1.82, 2.24) is 15.5 Å². The van der Waals surface area contributed by atoms with Crippen LogP contribution in [-0.2, 0) is 9.53 Å². The molecule has 0 aromatic rings. The minimum Gasteiger partial charge on any atom is -0.480 e. The molecule has 0 radical (unpaired) electrons. The van der Waals surface area contributed by atoms with Gasteiger partial charge in [0.05, 0.1) is 0 Å². The first kappa shape index (κ1) is 16.7. The fourth-order valence-corrected chi connectivity index (χ4v) is 2.24. The van der Waals surface area contributed by atoms with Crippen LogP contribution in [0.2, 0.25) is 0 Å². The van der Waals surface area contributed by atoms with Gasteiger partial charge in [0, 0.05) is 39.1 Å². The smallest absolute Gasteiger partial charge is 0.329 e. The van der Waals surface area contributed by atoms with Crippen LogP contribution in [0.1, 0.15) is 26.7 Å². The molecule has 2 amide bonds. The highest BCUT2D eigenvalue weighted by atomic mass is 16.5. The van der Waals surface area contributed by atoms with Crippen molar-refractivity contribution in [2.24, 2.45) is 0 Å². The molecule has 0 spiro atoms. The predicted molar refractivity (Wildman–Crippen MR) is 74.7 cm³/mol. The Bertz CT molecular complexity index is 326. The normalized spacial score (nSPS) is 17.8. The van der Waals surface area contributed by atoms with Gasteiger partial charge in [-0.05, 0) is 13.1 Å². The van der Waals surface area contributed by atoms with E-state index in [1.165, 1.54) is 0 Å². The Hall–Kier alpha value is -1.34. The predicted octanol–water partition coefficient (Wildman–Crippen LogP) is 0.261. The van der Waals surface area contributed by atoms with Crippen molar-refractivity contribution < 1.29 is 19.4 Å². The Balaban J connectivity index is 2.41.